The highest BCUT2D eigenvalue weighted by Crippen LogP contribution is 2.24. The number of amides is 2. The number of aromatic nitrogens is 1. The zero-order valence-corrected chi connectivity index (χ0v) is 17.9. The highest BCUT2D eigenvalue weighted by atomic mass is 16.5. The molecule has 1 atom stereocenters. The minimum absolute atomic E-state index is 0.0748. The van der Waals surface area contributed by atoms with E-state index in [0.29, 0.717) is 23.9 Å². The summed E-state index contributed by atoms with van der Waals surface area (Å²) in [5.74, 6) is 1.24. The fraction of sp³-hybridized carbons (Fsp3) is 0.435. The molecule has 1 fully saturated rings. The van der Waals surface area contributed by atoms with Gasteiger partial charge in [0.25, 0.3) is 5.91 Å². The summed E-state index contributed by atoms with van der Waals surface area (Å²) >= 11 is 0. The molecule has 3 rings (SSSR count). The SMILES string of the molecule is Cc1cc(OCC(=O)Nc2ccc(N3CCCC(C(N)=O)C3)nc2)ccc1C(C)C. The molecule has 1 aliphatic heterocycles. The Morgan fingerprint density at radius 2 is 2.10 bits per heavy atom. The van der Waals surface area contributed by atoms with E-state index in [1.165, 1.54) is 5.56 Å². The van der Waals surface area contributed by atoms with E-state index in [-0.39, 0.29) is 24.3 Å². The van der Waals surface area contributed by atoms with Gasteiger partial charge in [0.05, 0.1) is 17.8 Å². The molecule has 7 heteroatoms. The van der Waals surface area contributed by atoms with Crippen molar-refractivity contribution >= 4 is 23.3 Å². The zero-order chi connectivity index (χ0) is 21.7. The van der Waals surface area contributed by atoms with Crippen molar-refractivity contribution < 1.29 is 14.3 Å². The summed E-state index contributed by atoms with van der Waals surface area (Å²) in [6, 6.07) is 9.53. The van der Waals surface area contributed by atoms with E-state index in [1.807, 2.05) is 31.2 Å². The average Bonchev–Trinajstić information content (AvgIpc) is 2.72. The highest BCUT2D eigenvalue weighted by molar-refractivity contribution is 5.91. The molecule has 1 aromatic heterocycles. The van der Waals surface area contributed by atoms with E-state index < -0.39 is 0 Å². The second kappa shape index (κ2) is 9.61. The smallest absolute Gasteiger partial charge is 0.262 e. The lowest BCUT2D eigenvalue weighted by molar-refractivity contribution is -0.122. The van der Waals surface area contributed by atoms with Crippen molar-refractivity contribution in [2.45, 2.75) is 39.5 Å². The quantitative estimate of drug-likeness (QED) is 0.730. The summed E-state index contributed by atoms with van der Waals surface area (Å²) in [6.45, 7) is 7.69. The van der Waals surface area contributed by atoms with Crippen LogP contribution in [0.25, 0.3) is 0 Å². The van der Waals surface area contributed by atoms with Gasteiger partial charge in [0.15, 0.2) is 6.61 Å². The molecule has 1 saturated heterocycles. The third kappa shape index (κ3) is 5.49. The first-order valence-corrected chi connectivity index (χ1v) is 10.4. The van der Waals surface area contributed by atoms with Crippen LogP contribution in [0.2, 0.25) is 0 Å². The first-order chi connectivity index (χ1) is 14.3. The third-order valence-corrected chi connectivity index (χ3v) is 5.41. The van der Waals surface area contributed by atoms with Crippen molar-refractivity contribution in [3.8, 4) is 5.75 Å². The number of pyridine rings is 1. The maximum atomic E-state index is 12.2. The molecule has 3 N–H and O–H groups in total. The number of primary amides is 1. The third-order valence-electron chi connectivity index (χ3n) is 5.41. The van der Waals surface area contributed by atoms with Gasteiger partial charge in [-0.15, -0.1) is 0 Å². The van der Waals surface area contributed by atoms with Gasteiger partial charge in [-0.25, -0.2) is 4.98 Å². The number of aryl methyl sites for hydroxylation is 1. The van der Waals surface area contributed by atoms with Gasteiger partial charge in [-0.3, -0.25) is 9.59 Å². The second-order valence-electron chi connectivity index (χ2n) is 8.10. The van der Waals surface area contributed by atoms with Crippen LogP contribution in [0.5, 0.6) is 5.75 Å². The monoisotopic (exact) mass is 410 g/mol. The number of nitrogens with one attached hydrogen (secondary N) is 1. The lowest BCUT2D eigenvalue weighted by Crippen LogP contribution is -2.41. The molecule has 2 amide bonds. The summed E-state index contributed by atoms with van der Waals surface area (Å²) in [6.07, 6.45) is 3.34. The molecule has 2 heterocycles. The lowest BCUT2D eigenvalue weighted by atomic mass is 9.97. The number of carbonyl (C=O) groups is 2. The van der Waals surface area contributed by atoms with E-state index in [1.54, 1.807) is 12.3 Å². The standard InChI is InChI=1S/C23H30N4O3/c1-15(2)20-8-7-19(11-16(20)3)30-14-22(28)26-18-6-9-21(25-12-18)27-10-4-5-17(13-27)23(24)29/h6-9,11-12,15,17H,4-5,10,13-14H2,1-3H3,(H2,24,29)(H,26,28). The number of carbonyl (C=O) groups excluding carboxylic acids is 2. The number of rotatable bonds is 7. The van der Waals surface area contributed by atoms with Crippen molar-refractivity contribution in [3.63, 3.8) is 0 Å². The van der Waals surface area contributed by atoms with Crippen LogP contribution in [0.3, 0.4) is 0 Å². The Hall–Kier alpha value is -3.09. The molecule has 0 saturated carbocycles. The van der Waals surface area contributed by atoms with Crippen molar-refractivity contribution in [1.82, 2.24) is 4.98 Å². The Labute approximate surface area is 177 Å². The molecule has 1 unspecified atom stereocenters. The molecule has 2 aromatic rings. The fourth-order valence-electron chi connectivity index (χ4n) is 3.80. The minimum Gasteiger partial charge on any atom is -0.484 e. The molecular weight excluding hydrogens is 380 g/mol. The summed E-state index contributed by atoms with van der Waals surface area (Å²) in [4.78, 5) is 30.2. The van der Waals surface area contributed by atoms with Gasteiger partial charge in [-0.05, 0) is 61.1 Å². The number of piperidine rings is 1. The zero-order valence-electron chi connectivity index (χ0n) is 17.9. The molecule has 0 bridgehead atoms. The molecule has 7 nitrogen and oxygen atoms in total. The summed E-state index contributed by atoms with van der Waals surface area (Å²) in [5.41, 5.74) is 8.46. The number of ether oxygens (including phenoxy) is 1. The molecule has 0 radical (unpaired) electrons. The van der Waals surface area contributed by atoms with E-state index in [9.17, 15) is 9.59 Å². The van der Waals surface area contributed by atoms with E-state index in [2.05, 4.69) is 29.0 Å². The predicted molar refractivity (Wildman–Crippen MR) is 118 cm³/mol. The Morgan fingerprint density at radius 3 is 2.73 bits per heavy atom. The van der Waals surface area contributed by atoms with Gasteiger partial charge in [0.2, 0.25) is 5.91 Å². The van der Waals surface area contributed by atoms with Gasteiger partial charge in [0.1, 0.15) is 11.6 Å². The second-order valence-corrected chi connectivity index (χ2v) is 8.10. The normalized spacial score (nSPS) is 16.4. The van der Waals surface area contributed by atoms with Gasteiger partial charge in [-0.1, -0.05) is 19.9 Å². The van der Waals surface area contributed by atoms with Crippen molar-refractivity contribution in [3.05, 3.63) is 47.7 Å². The predicted octanol–water partition coefficient (Wildman–Crippen LogP) is 3.23. The molecule has 1 aliphatic rings. The van der Waals surface area contributed by atoms with E-state index in [4.69, 9.17) is 10.5 Å². The number of anilines is 2. The first kappa shape index (κ1) is 21.6. The Morgan fingerprint density at radius 1 is 1.30 bits per heavy atom. The maximum absolute atomic E-state index is 12.2. The summed E-state index contributed by atoms with van der Waals surface area (Å²) < 4.78 is 5.62. The Kier molecular flexibility index (Phi) is 6.92. The average molecular weight is 411 g/mol. The van der Waals surface area contributed by atoms with E-state index in [0.717, 1.165) is 30.8 Å². The highest BCUT2D eigenvalue weighted by Gasteiger charge is 2.24. The van der Waals surface area contributed by atoms with Crippen molar-refractivity contribution in [2.24, 2.45) is 11.7 Å². The van der Waals surface area contributed by atoms with Crippen LogP contribution in [-0.2, 0) is 9.59 Å². The van der Waals surface area contributed by atoms with Crippen molar-refractivity contribution in [2.75, 3.05) is 29.9 Å². The maximum Gasteiger partial charge on any atom is 0.262 e. The van der Waals surface area contributed by atoms with Gasteiger partial charge < -0.3 is 20.7 Å². The minimum atomic E-state index is -0.266. The van der Waals surface area contributed by atoms with Gasteiger partial charge in [0, 0.05) is 13.1 Å². The van der Waals surface area contributed by atoms with Gasteiger partial charge >= 0.3 is 0 Å². The molecule has 160 valence electrons. The summed E-state index contributed by atoms with van der Waals surface area (Å²) in [7, 11) is 0. The van der Waals surface area contributed by atoms with Crippen LogP contribution < -0.4 is 20.7 Å². The molecule has 0 spiro atoms. The van der Waals surface area contributed by atoms with Crippen LogP contribution in [-0.4, -0.2) is 36.5 Å². The van der Waals surface area contributed by atoms with Crippen LogP contribution >= 0.6 is 0 Å². The number of hydrogen-bond donors (Lipinski definition) is 2. The lowest BCUT2D eigenvalue weighted by Gasteiger charge is -2.32. The fourth-order valence-corrected chi connectivity index (χ4v) is 3.80. The number of benzene rings is 1. The Balaban J connectivity index is 1.52. The number of nitrogens with zero attached hydrogens (tertiary/aromatic N) is 2. The van der Waals surface area contributed by atoms with Gasteiger partial charge in [-0.2, -0.15) is 0 Å². The van der Waals surface area contributed by atoms with Crippen molar-refractivity contribution in [1.29, 1.82) is 0 Å². The summed E-state index contributed by atoms with van der Waals surface area (Å²) in [5, 5.41) is 2.79. The first-order valence-electron chi connectivity index (χ1n) is 10.4. The van der Waals surface area contributed by atoms with Crippen LogP contribution in [0.4, 0.5) is 11.5 Å². The van der Waals surface area contributed by atoms with Crippen LogP contribution in [0.15, 0.2) is 36.5 Å². The van der Waals surface area contributed by atoms with Crippen LogP contribution in [0, 0.1) is 12.8 Å². The molecular formula is C23H30N4O3. The number of hydrogen-bond acceptors (Lipinski definition) is 5. The molecule has 30 heavy (non-hydrogen) atoms. The topological polar surface area (TPSA) is 97.5 Å². The van der Waals surface area contributed by atoms with Crippen LogP contribution in [0.1, 0.15) is 43.7 Å². The van der Waals surface area contributed by atoms with E-state index >= 15 is 0 Å². The molecule has 0 aliphatic carbocycles. The Bertz CT molecular complexity index is 896. The number of nitrogens with two attached hydrogens (primary N) is 1. The largest absolute Gasteiger partial charge is 0.484 e. The molecule has 1 aromatic carbocycles.